The van der Waals surface area contributed by atoms with Gasteiger partial charge in [-0.05, 0) is 54.6 Å². The predicted octanol–water partition coefficient (Wildman–Crippen LogP) is 5.94. The molecular weight excluding hydrogens is 290 g/mol. The first-order valence-electron chi connectivity index (χ1n) is 7.42. The van der Waals surface area contributed by atoms with Crippen molar-refractivity contribution in [3.8, 4) is 0 Å². The van der Waals surface area contributed by atoms with E-state index in [-0.39, 0.29) is 0 Å². The van der Waals surface area contributed by atoms with Crippen LogP contribution in [0.2, 0.25) is 5.02 Å². The summed E-state index contributed by atoms with van der Waals surface area (Å²) in [5.41, 5.74) is 4.93. The summed E-state index contributed by atoms with van der Waals surface area (Å²) in [6.45, 7) is 6.03. The largest absolute Gasteiger partial charge is 0.313 e. The number of benzene rings is 2. The normalized spacial score (nSPS) is 11.5. The van der Waals surface area contributed by atoms with Crippen LogP contribution in [-0.4, -0.2) is 4.40 Å². The van der Waals surface area contributed by atoms with E-state index in [4.69, 9.17) is 11.6 Å². The molecule has 0 unspecified atom stereocenters. The minimum atomic E-state index is 0.782. The van der Waals surface area contributed by atoms with Crippen molar-refractivity contribution in [2.24, 2.45) is 0 Å². The van der Waals surface area contributed by atoms with Crippen molar-refractivity contribution < 1.29 is 0 Å². The fourth-order valence-corrected chi connectivity index (χ4v) is 3.69. The van der Waals surface area contributed by atoms with E-state index in [1.54, 1.807) is 0 Å². The number of fused-ring (bicyclic) bond motifs is 5. The van der Waals surface area contributed by atoms with Crippen LogP contribution in [0.1, 0.15) is 11.3 Å². The Morgan fingerprint density at radius 1 is 1.05 bits per heavy atom. The standard InChI is InChI=1S/C20H16ClN/c1-3-6-15-10-17(21)11-16-9-13(2)22-18-8-5-4-7-14(18)12-19(22)20(15)16/h3-5,7-12H,1,6H2,2H3. The van der Waals surface area contributed by atoms with E-state index >= 15 is 0 Å². The van der Waals surface area contributed by atoms with Gasteiger partial charge < -0.3 is 4.40 Å². The first-order valence-corrected chi connectivity index (χ1v) is 7.79. The lowest BCUT2D eigenvalue weighted by Crippen LogP contribution is -1.95. The van der Waals surface area contributed by atoms with E-state index in [1.807, 2.05) is 12.1 Å². The fraction of sp³-hybridized carbons (Fsp3) is 0.100. The van der Waals surface area contributed by atoms with Crippen LogP contribution in [0.15, 0.2) is 61.2 Å². The Hall–Kier alpha value is -2.25. The molecule has 0 bridgehead atoms. The van der Waals surface area contributed by atoms with Crippen LogP contribution in [0.3, 0.4) is 0 Å². The van der Waals surface area contributed by atoms with Gasteiger partial charge in [-0.3, -0.25) is 0 Å². The van der Waals surface area contributed by atoms with Gasteiger partial charge in [-0.25, -0.2) is 0 Å². The Morgan fingerprint density at radius 2 is 1.86 bits per heavy atom. The molecule has 2 aromatic carbocycles. The molecule has 0 aliphatic carbocycles. The predicted molar refractivity (Wildman–Crippen MR) is 96.1 cm³/mol. The molecule has 0 N–H and O–H groups in total. The number of halogens is 1. The molecule has 0 spiro atoms. The van der Waals surface area contributed by atoms with Gasteiger partial charge in [-0.1, -0.05) is 35.9 Å². The first kappa shape index (κ1) is 13.4. The van der Waals surface area contributed by atoms with Crippen molar-refractivity contribution in [1.82, 2.24) is 4.40 Å². The van der Waals surface area contributed by atoms with E-state index in [0.717, 1.165) is 11.4 Å². The smallest absolute Gasteiger partial charge is 0.0546 e. The van der Waals surface area contributed by atoms with Crippen LogP contribution in [-0.2, 0) is 6.42 Å². The van der Waals surface area contributed by atoms with Crippen LogP contribution in [0, 0.1) is 6.92 Å². The maximum absolute atomic E-state index is 6.30. The molecule has 2 aromatic heterocycles. The van der Waals surface area contributed by atoms with E-state index in [0.29, 0.717) is 0 Å². The second kappa shape index (κ2) is 4.89. The summed E-state index contributed by atoms with van der Waals surface area (Å²) in [5.74, 6) is 0. The van der Waals surface area contributed by atoms with E-state index < -0.39 is 0 Å². The second-order valence-electron chi connectivity index (χ2n) is 5.73. The summed E-state index contributed by atoms with van der Waals surface area (Å²) in [6.07, 6.45) is 2.75. The summed E-state index contributed by atoms with van der Waals surface area (Å²) in [7, 11) is 0. The number of para-hydroxylation sites is 1. The zero-order chi connectivity index (χ0) is 15.3. The summed E-state index contributed by atoms with van der Waals surface area (Å²) in [4.78, 5) is 0. The molecule has 0 fully saturated rings. The zero-order valence-corrected chi connectivity index (χ0v) is 13.2. The molecule has 108 valence electrons. The van der Waals surface area contributed by atoms with Gasteiger partial charge in [0.1, 0.15) is 0 Å². The lowest BCUT2D eigenvalue weighted by atomic mass is 10.0. The van der Waals surface area contributed by atoms with Crippen LogP contribution in [0.5, 0.6) is 0 Å². The highest BCUT2D eigenvalue weighted by atomic mass is 35.5. The highest BCUT2D eigenvalue weighted by Crippen LogP contribution is 2.33. The zero-order valence-electron chi connectivity index (χ0n) is 12.4. The molecule has 0 atom stereocenters. The van der Waals surface area contributed by atoms with Crippen LogP contribution in [0.25, 0.3) is 27.2 Å². The average molecular weight is 306 g/mol. The number of rotatable bonds is 2. The van der Waals surface area contributed by atoms with Gasteiger partial charge in [-0.2, -0.15) is 0 Å². The minimum absolute atomic E-state index is 0.782. The lowest BCUT2D eigenvalue weighted by Gasteiger charge is -2.11. The third-order valence-electron chi connectivity index (χ3n) is 4.26. The van der Waals surface area contributed by atoms with Crippen molar-refractivity contribution in [3.63, 3.8) is 0 Å². The molecule has 1 nitrogen and oxygen atoms in total. The van der Waals surface area contributed by atoms with Gasteiger partial charge in [0.05, 0.1) is 11.0 Å². The number of hydrogen-bond acceptors (Lipinski definition) is 0. The third kappa shape index (κ3) is 1.86. The first-order chi connectivity index (χ1) is 10.7. The quantitative estimate of drug-likeness (QED) is 0.404. The second-order valence-corrected chi connectivity index (χ2v) is 6.17. The SMILES string of the molecule is C=CCc1cc(Cl)cc2cc(C)n3c4ccccc4cc3c12. The average Bonchev–Trinajstić information content (AvgIpc) is 2.86. The number of hydrogen-bond donors (Lipinski definition) is 0. The number of pyridine rings is 1. The van der Waals surface area contributed by atoms with Crippen LogP contribution >= 0.6 is 11.6 Å². The maximum atomic E-state index is 6.30. The van der Waals surface area contributed by atoms with Gasteiger partial charge in [-0.15, -0.1) is 6.58 Å². The Balaban J connectivity index is 2.29. The molecule has 4 aromatic rings. The van der Waals surface area contributed by atoms with Crippen molar-refractivity contribution in [2.45, 2.75) is 13.3 Å². The van der Waals surface area contributed by atoms with Crippen LogP contribution < -0.4 is 0 Å². The maximum Gasteiger partial charge on any atom is 0.0546 e. The van der Waals surface area contributed by atoms with E-state index in [1.165, 1.54) is 38.4 Å². The molecular formula is C20H16ClN. The summed E-state index contributed by atoms with van der Waals surface area (Å²) in [6, 6.07) is 17.1. The van der Waals surface area contributed by atoms with Gasteiger partial charge in [0, 0.05) is 21.5 Å². The summed E-state index contributed by atoms with van der Waals surface area (Å²) in [5, 5.41) is 4.50. The summed E-state index contributed by atoms with van der Waals surface area (Å²) < 4.78 is 2.33. The highest BCUT2D eigenvalue weighted by Gasteiger charge is 2.12. The molecule has 0 radical (unpaired) electrons. The van der Waals surface area contributed by atoms with Gasteiger partial charge in [0.25, 0.3) is 0 Å². The van der Waals surface area contributed by atoms with Crippen molar-refractivity contribution in [1.29, 1.82) is 0 Å². The minimum Gasteiger partial charge on any atom is -0.313 e. The topological polar surface area (TPSA) is 4.41 Å². The van der Waals surface area contributed by atoms with Crippen molar-refractivity contribution in [3.05, 3.63) is 77.5 Å². The Labute approximate surface area is 134 Å². The van der Waals surface area contributed by atoms with Gasteiger partial charge in [0.2, 0.25) is 0 Å². The molecule has 4 rings (SSSR count). The Kier molecular flexibility index (Phi) is 2.98. The molecule has 0 amide bonds. The molecule has 0 aliphatic rings. The third-order valence-corrected chi connectivity index (χ3v) is 4.48. The van der Waals surface area contributed by atoms with E-state index in [2.05, 4.69) is 60.4 Å². The van der Waals surface area contributed by atoms with Gasteiger partial charge in [0.15, 0.2) is 0 Å². The monoisotopic (exact) mass is 305 g/mol. The Bertz CT molecular complexity index is 1040. The molecule has 0 saturated carbocycles. The molecule has 22 heavy (non-hydrogen) atoms. The number of aryl methyl sites for hydroxylation is 1. The Morgan fingerprint density at radius 3 is 2.68 bits per heavy atom. The number of nitrogens with zero attached hydrogens (tertiary/aromatic N) is 1. The molecule has 0 aliphatic heterocycles. The summed E-state index contributed by atoms with van der Waals surface area (Å²) >= 11 is 6.30. The molecule has 2 heteroatoms. The van der Waals surface area contributed by atoms with E-state index in [9.17, 15) is 0 Å². The van der Waals surface area contributed by atoms with Gasteiger partial charge >= 0.3 is 0 Å². The molecule has 2 heterocycles. The highest BCUT2D eigenvalue weighted by molar-refractivity contribution is 6.31. The van der Waals surface area contributed by atoms with Crippen LogP contribution in [0.4, 0.5) is 0 Å². The molecule has 0 saturated heterocycles. The van der Waals surface area contributed by atoms with Crippen molar-refractivity contribution in [2.75, 3.05) is 0 Å². The number of allylic oxidation sites excluding steroid dienone is 1. The number of aromatic nitrogens is 1. The fourth-order valence-electron chi connectivity index (χ4n) is 3.44. The van der Waals surface area contributed by atoms with Crippen molar-refractivity contribution >= 4 is 38.8 Å². The lowest BCUT2D eigenvalue weighted by molar-refractivity contribution is 1.15.